The van der Waals surface area contributed by atoms with Crippen molar-refractivity contribution in [2.24, 2.45) is 0 Å². The molecule has 2 heteroatoms. The number of benzene rings is 6. The van der Waals surface area contributed by atoms with E-state index < -0.39 is 0 Å². The normalized spacial score (nSPS) is 11.3. The molecule has 0 bridgehead atoms. The van der Waals surface area contributed by atoms with Crippen molar-refractivity contribution in [1.82, 2.24) is 0 Å². The predicted octanol–water partition coefficient (Wildman–Crippen LogP) is 9.82. The molecule has 0 unspecified atom stereocenters. The van der Waals surface area contributed by atoms with Gasteiger partial charge in [0.1, 0.15) is 11.2 Å². The predicted molar refractivity (Wildman–Crippen MR) is 152 cm³/mol. The van der Waals surface area contributed by atoms with E-state index in [1.54, 1.807) is 0 Å². The topological polar surface area (TPSA) is 25.2 Å². The Morgan fingerprint density at radius 1 is 0.389 bits per heavy atom. The van der Waals surface area contributed by atoms with Crippen molar-refractivity contribution >= 4 is 44.1 Å². The van der Waals surface area contributed by atoms with Crippen molar-refractivity contribution in [2.45, 2.75) is 0 Å². The van der Waals surface area contributed by atoms with Crippen molar-refractivity contribution in [3.05, 3.63) is 133 Å². The summed E-state index contributed by atoms with van der Waals surface area (Å²) in [5.41, 5.74) is 8.65. The second kappa shape index (κ2) is 8.44. The van der Waals surface area contributed by atoms with Gasteiger partial charge in [-0.1, -0.05) is 84.9 Å². The van der Waals surface area contributed by atoms with Crippen LogP contribution in [-0.4, -0.2) is 0 Å². The monoisotopic (exact) mass is 461 g/mol. The van der Waals surface area contributed by atoms with Crippen LogP contribution >= 0.6 is 0 Å². The molecule has 0 aliphatic rings. The summed E-state index contributed by atoms with van der Waals surface area (Å²) in [6, 6.07) is 46.9. The van der Waals surface area contributed by atoms with Gasteiger partial charge in [0, 0.05) is 28.2 Å². The minimum atomic E-state index is 0.889. The number of anilines is 2. The Balaban J connectivity index is 1.20. The van der Waals surface area contributed by atoms with Crippen LogP contribution in [-0.2, 0) is 0 Å². The molecule has 1 N–H and O–H groups in total. The highest BCUT2D eigenvalue weighted by molar-refractivity contribution is 6.05. The van der Waals surface area contributed by atoms with E-state index in [0.29, 0.717) is 0 Å². The number of fused-ring (bicyclic) bond motifs is 4. The average molecular weight is 462 g/mol. The Hall–Kier alpha value is -4.82. The Kier molecular flexibility index (Phi) is 4.82. The van der Waals surface area contributed by atoms with Gasteiger partial charge in [-0.25, -0.2) is 0 Å². The maximum absolute atomic E-state index is 6.07. The van der Waals surface area contributed by atoms with E-state index in [1.165, 1.54) is 33.0 Å². The van der Waals surface area contributed by atoms with E-state index in [4.69, 9.17) is 4.42 Å². The molecule has 0 aliphatic heterocycles. The summed E-state index contributed by atoms with van der Waals surface area (Å²) in [7, 11) is 0. The van der Waals surface area contributed by atoms with E-state index in [9.17, 15) is 0 Å². The molecule has 0 radical (unpaired) electrons. The molecule has 0 atom stereocenters. The molecule has 7 rings (SSSR count). The summed E-state index contributed by atoms with van der Waals surface area (Å²) in [5.74, 6) is 0. The maximum atomic E-state index is 6.07. The molecule has 0 amide bonds. The second-order valence-electron chi connectivity index (χ2n) is 9.16. The van der Waals surface area contributed by atoms with E-state index in [-0.39, 0.29) is 0 Å². The van der Waals surface area contributed by atoms with Gasteiger partial charge in [-0.2, -0.15) is 0 Å². The second-order valence-corrected chi connectivity index (χ2v) is 9.16. The number of hydrogen-bond donors (Lipinski definition) is 1. The molecular formula is C34H23NO. The lowest BCUT2D eigenvalue weighted by Gasteiger charge is -2.10. The minimum Gasteiger partial charge on any atom is -0.456 e. The van der Waals surface area contributed by atoms with Crippen LogP contribution < -0.4 is 5.32 Å². The number of rotatable bonds is 4. The van der Waals surface area contributed by atoms with Crippen LogP contribution in [0.4, 0.5) is 11.4 Å². The van der Waals surface area contributed by atoms with Crippen LogP contribution in [0.3, 0.4) is 0 Å². The van der Waals surface area contributed by atoms with Gasteiger partial charge in [0.15, 0.2) is 0 Å². The highest BCUT2D eigenvalue weighted by atomic mass is 16.3. The van der Waals surface area contributed by atoms with Crippen molar-refractivity contribution < 1.29 is 4.42 Å². The Bertz CT molecular complexity index is 1880. The zero-order chi connectivity index (χ0) is 23.9. The molecule has 7 aromatic rings. The van der Waals surface area contributed by atoms with Gasteiger partial charge in [-0.3, -0.25) is 0 Å². The standard InChI is InChI=1S/C34H23NO/c1-2-8-24-19-28(16-15-23(24)7-1)26-10-5-9-25(20-26)27-11-6-12-29(21-27)35-30-17-18-32-31-13-3-4-14-33(31)36-34(32)22-30/h1-22,35H. The van der Waals surface area contributed by atoms with E-state index in [0.717, 1.165) is 33.3 Å². The zero-order valence-electron chi connectivity index (χ0n) is 19.6. The van der Waals surface area contributed by atoms with E-state index >= 15 is 0 Å². The minimum absolute atomic E-state index is 0.889. The SMILES string of the molecule is c1cc(Nc2ccc3c(c2)oc2ccccc23)cc(-c2cccc(-c3ccc4ccccc4c3)c2)c1. The van der Waals surface area contributed by atoms with Gasteiger partial charge in [0.2, 0.25) is 0 Å². The lowest BCUT2D eigenvalue weighted by molar-refractivity contribution is 0.669. The maximum Gasteiger partial charge on any atom is 0.137 e. The molecule has 0 spiro atoms. The smallest absolute Gasteiger partial charge is 0.137 e. The largest absolute Gasteiger partial charge is 0.456 e. The molecule has 0 fully saturated rings. The zero-order valence-corrected chi connectivity index (χ0v) is 19.6. The lowest BCUT2D eigenvalue weighted by atomic mass is 9.97. The highest BCUT2D eigenvalue weighted by Crippen LogP contribution is 2.33. The van der Waals surface area contributed by atoms with Crippen LogP contribution in [0.2, 0.25) is 0 Å². The van der Waals surface area contributed by atoms with Crippen LogP contribution in [0.1, 0.15) is 0 Å². The number of nitrogens with one attached hydrogen (secondary N) is 1. The van der Waals surface area contributed by atoms with Gasteiger partial charge in [-0.15, -0.1) is 0 Å². The van der Waals surface area contributed by atoms with Crippen molar-refractivity contribution in [1.29, 1.82) is 0 Å². The van der Waals surface area contributed by atoms with E-state index in [1.807, 2.05) is 18.2 Å². The third kappa shape index (κ3) is 3.70. The molecule has 0 aliphatic carbocycles. The first kappa shape index (κ1) is 20.5. The Morgan fingerprint density at radius 2 is 1.06 bits per heavy atom. The van der Waals surface area contributed by atoms with Crippen LogP contribution in [0.15, 0.2) is 138 Å². The van der Waals surface area contributed by atoms with Crippen molar-refractivity contribution in [3.8, 4) is 22.3 Å². The molecule has 0 saturated heterocycles. The van der Waals surface area contributed by atoms with Gasteiger partial charge in [-0.05, 0) is 75.5 Å². The lowest BCUT2D eigenvalue weighted by Crippen LogP contribution is -1.90. The number of para-hydroxylation sites is 1. The molecule has 0 saturated carbocycles. The van der Waals surface area contributed by atoms with Crippen LogP contribution in [0, 0.1) is 0 Å². The first-order chi connectivity index (χ1) is 17.8. The van der Waals surface area contributed by atoms with Gasteiger partial charge in [0.25, 0.3) is 0 Å². The third-order valence-electron chi connectivity index (χ3n) is 6.81. The first-order valence-corrected chi connectivity index (χ1v) is 12.2. The summed E-state index contributed by atoms with van der Waals surface area (Å²) in [5, 5.41) is 8.36. The Morgan fingerprint density at radius 3 is 1.94 bits per heavy atom. The molecule has 6 aromatic carbocycles. The Labute approximate surface area is 209 Å². The molecule has 170 valence electrons. The van der Waals surface area contributed by atoms with Crippen molar-refractivity contribution in [3.63, 3.8) is 0 Å². The molecular weight excluding hydrogens is 438 g/mol. The fraction of sp³-hybridized carbons (Fsp3) is 0. The fourth-order valence-electron chi connectivity index (χ4n) is 4.99. The van der Waals surface area contributed by atoms with E-state index in [2.05, 4.69) is 121 Å². The molecule has 1 heterocycles. The first-order valence-electron chi connectivity index (χ1n) is 12.2. The number of furan rings is 1. The summed E-state index contributed by atoms with van der Waals surface area (Å²) in [6.07, 6.45) is 0. The molecule has 36 heavy (non-hydrogen) atoms. The van der Waals surface area contributed by atoms with Gasteiger partial charge in [0.05, 0.1) is 0 Å². The van der Waals surface area contributed by atoms with Gasteiger partial charge >= 0.3 is 0 Å². The third-order valence-corrected chi connectivity index (χ3v) is 6.81. The quantitative estimate of drug-likeness (QED) is 0.282. The average Bonchev–Trinajstić information content (AvgIpc) is 3.31. The fourth-order valence-corrected chi connectivity index (χ4v) is 4.99. The summed E-state index contributed by atoms with van der Waals surface area (Å²) >= 11 is 0. The van der Waals surface area contributed by atoms with Crippen LogP contribution in [0.25, 0.3) is 55.0 Å². The molecule has 1 aromatic heterocycles. The summed E-state index contributed by atoms with van der Waals surface area (Å²) in [6.45, 7) is 0. The van der Waals surface area contributed by atoms with Gasteiger partial charge < -0.3 is 9.73 Å². The highest BCUT2D eigenvalue weighted by Gasteiger charge is 2.08. The van der Waals surface area contributed by atoms with Crippen molar-refractivity contribution in [2.75, 3.05) is 5.32 Å². The van der Waals surface area contributed by atoms with Crippen LogP contribution in [0.5, 0.6) is 0 Å². The summed E-state index contributed by atoms with van der Waals surface area (Å²) in [4.78, 5) is 0. The summed E-state index contributed by atoms with van der Waals surface area (Å²) < 4.78 is 6.07. The molecule has 2 nitrogen and oxygen atoms in total. The number of hydrogen-bond acceptors (Lipinski definition) is 2.